The van der Waals surface area contributed by atoms with Crippen molar-refractivity contribution in [2.24, 2.45) is 5.92 Å². The van der Waals surface area contributed by atoms with Crippen molar-refractivity contribution in [1.29, 1.82) is 0 Å². The first kappa shape index (κ1) is 20.4. The monoisotopic (exact) mass is 440 g/mol. The van der Waals surface area contributed by atoms with Crippen LogP contribution >= 0.6 is 11.3 Å². The molecule has 2 aromatic rings. The number of nitrogens with one attached hydrogen (secondary N) is 1. The van der Waals surface area contributed by atoms with Crippen molar-refractivity contribution in [2.45, 2.75) is 31.7 Å². The lowest BCUT2D eigenvalue weighted by Gasteiger charge is -2.17. The summed E-state index contributed by atoms with van der Waals surface area (Å²) in [6, 6.07) is 3.55. The molecule has 5 nitrogen and oxygen atoms in total. The van der Waals surface area contributed by atoms with E-state index >= 15 is 0 Å². The number of aryl methyl sites for hydroxylation is 1. The normalized spacial score (nSPS) is 24.1. The lowest BCUT2D eigenvalue weighted by atomic mass is 9.97. The number of hydrogen-bond acceptors (Lipinski definition) is 4. The highest BCUT2D eigenvalue weighted by Gasteiger charge is 2.49. The Hall–Kier alpha value is -1.84. The lowest BCUT2D eigenvalue weighted by molar-refractivity contribution is -0.131. The smallest absolute Gasteiger partial charge is 0.226 e. The second kappa shape index (κ2) is 7.45. The van der Waals surface area contributed by atoms with Crippen LogP contribution in [0.25, 0.3) is 11.1 Å². The highest BCUT2D eigenvalue weighted by Crippen LogP contribution is 2.54. The van der Waals surface area contributed by atoms with E-state index in [0.29, 0.717) is 31.5 Å². The van der Waals surface area contributed by atoms with Crippen molar-refractivity contribution in [3.63, 3.8) is 0 Å². The molecule has 9 heteroatoms. The van der Waals surface area contributed by atoms with Gasteiger partial charge in [-0.3, -0.25) is 4.79 Å². The summed E-state index contributed by atoms with van der Waals surface area (Å²) in [7, 11) is -3.32. The topological polar surface area (TPSA) is 66.5 Å². The van der Waals surface area contributed by atoms with Gasteiger partial charge in [-0.05, 0) is 48.8 Å². The van der Waals surface area contributed by atoms with E-state index in [9.17, 15) is 22.0 Å². The Morgan fingerprint density at radius 1 is 1.28 bits per heavy atom. The number of likely N-dealkylation sites (tertiary alicyclic amines) is 1. The third kappa shape index (κ3) is 4.08. The number of sulfonamides is 1. The molecule has 1 aliphatic heterocycles. The van der Waals surface area contributed by atoms with Gasteiger partial charge in [0.2, 0.25) is 15.9 Å². The minimum atomic E-state index is -3.32. The maximum atomic E-state index is 14.3. The SMILES string of the molecule is Cc1scc(-c2c(F)cccc2F)c1C1CC1C(=O)N1CCC(NS(C)(=O)=O)C1. The van der Waals surface area contributed by atoms with Gasteiger partial charge < -0.3 is 4.90 Å². The van der Waals surface area contributed by atoms with Crippen molar-refractivity contribution in [2.75, 3.05) is 19.3 Å². The molecular formula is C20H22F2N2O3S2. The molecule has 4 rings (SSSR count). The predicted molar refractivity (Wildman–Crippen MR) is 108 cm³/mol. The average molecular weight is 441 g/mol. The van der Waals surface area contributed by atoms with Crippen molar-refractivity contribution < 1.29 is 22.0 Å². The first-order valence-corrected chi connectivity index (χ1v) is 12.2. The number of rotatable bonds is 5. The van der Waals surface area contributed by atoms with Gasteiger partial charge in [0, 0.05) is 35.5 Å². The molecule has 156 valence electrons. The molecule has 1 N–H and O–H groups in total. The largest absolute Gasteiger partial charge is 0.341 e. The fourth-order valence-electron chi connectivity index (χ4n) is 4.25. The van der Waals surface area contributed by atoms with Gasteiger partial charge in [0.05, 0.1) is 11.8 Å². The molecule has 0 spiro atoms. The molecule has 2 heterocycles. The lowest BCUT2D eigenvalue weighted by Crippen LogP contribution is -2.38. The second-order valence-electron chi connectivity index (χ2n) is 7.82. The molecule has 3 atom stereocenters. The zero-order valence-electron chi connectivity index (χ0n) is 16.1. The fraction of sp³-hybridized carbons (Fsp3) is 0.450. The number of nitrogens with zero attached hydrogens (tertiary/aromatic N) is 1. The van der Waals surface area contributed by atoms with Crippen LogP contribution in [-0.4, -0.2) is 44.6 Å². The van der Waals surface area contributed by atoms with Gasteiger partial charge in [0.15, 0.2) is 0 Å². The van der Waals surface area contributed by atoms with Crippen molar-refractivity contribution >= 4 is 27.3 Å². The van der Waals surface area contributed by atoms with E-state index in [-0.39, 0.29) is 29.3 Å². The Balaban J connectivity index is 1.52. The van der Waals surface area contributed by atoms with Crippen LogP contribution in [0.15, 0.2) is 23.6 Å². The Labute approximate surface area is 172 Å². The number of thiophene rings is 1. The third-order valence-corrected chi connectivity index (χ3v) is 7.30. The zero-order chi connectivity index (χ0) is 20.9. The molecule has 1 aromatic heterocycles. The number of carbonyl (C=O) groups is 1. The molecule has 1 aromatic carbocycles. The minimum Gasteiger partial charge on any atom is -0.341 e. The Morgan fingerprint density at radius 2 is 1.97 bits per heavy atom. The van der Waals surface area contributed by atoms with Gasteiger partial charge in [0.1, 0.15) is 11.6 Å². The Bertz CT molecular complexity index is 1050. The molecular weight excluding hydrogens is 418 g/mol. The van der Waals surface area contributed by atoms with Crippen LogP contribution in [0.4, 0.5) is 8.78 Å². The van der Waals surface area contributed by atoms with E-state index in [1.165, 1.54) is 29.5 Å². The standard InChI is InChI=1S/C20H22F2N2O3S2/c1-11-18(15(10-28-11)19-16(21)4-3-5-17(19)22)13-8-14(13)20(25)24-7-6-12(9-24)23-29(2,26)27/h3-5,10,12-14,23H,6-9H2,1-2H3. The highest BCUT2D eigenvalue weighted by atomic mass is 32.2. The van der Waals surface area contributed by atoms with Crippen LogP contribution in [0.1, 0.15) is 29.2 Å². The van der Waals surface area contributed by atoms with Crippen molar-refractivity contribution in [3.05, 3.63) is 45.7 Å². The maximum Gasteiger partial charge on any atom is 0.226 e. The van der Waals surface area contributed by atoms with E-state index in [4.69, 9.17) is 0 Å². The molecule has 29 heavy (non-hydrogen) atoms. The number of benzene rings is 1. The summed E-state index contributed by atoms with van der Waals surface area (Å²) in [4.78, 5) is 15.6. The summed E-state index contributed by atoms with van der Waals surface area (Å²) < 4.78 is 54.0. The molecule has 1 aliphatic carbocycles. The van der Waals surface area contributed by atoms with Crippen molar-refractivity contribution in [3.8, 4) is 11.1 Å². The molecule has 0 radical (unpaired) electrons. The predicted octanol–water partition coefficient (Wildman–Crippen LogP) is 3.26. The summed E-state index contributed by atoms with van der Waals surface area (Å²) in [6.07, 6.45) is 2.33. The minimum absolute atomic E-state index is 0.0154. The Morgan fingerprint density at radius 3 is 2.62 bits per heavy atom. The van der Waals surface area contributed by atoms with Crippen LogP contribution in [0.5, 0.6) is 0 Å². The molecule has 1 saturated heterocycles. The zero-order valence-corrected chi connectivity index (χ0v) is 17.7. The van der Waals surface area contributed by atoms with Crippen LogP contribution in [-0.2, 0) is 14.8 Å². The van der Waals surface area contributed by atoms with E-state index in [1.54, 1.807) is 10.3 Å². The van der Waals surface area contributed by atoms with E-state index in [2.05, 4.69) is 4.72 Å². The van der Waals surface area contributed by atoms with Gasteiger partial charge in [-0.15, -0.1) is 11.3 Å². The average Bonchev–Trinajstić information content (AvgIpc) is 3.11. The molecule has 3 unspecified atom stereocenters. The number of carbonyl (C=O) groups excluding carboxylic acids is 1. The first-order valence-electron chi connectivity index (χ1n) is 9.44. The summed E-state index contributed by atoms with van der Waals surface area (Å²) in [5.41, 5.74) is 1.34. The Kier molecular flexibility index (Phi) is 5.25. The van der Waals surface area contributed by atoms with Gasteiger partial charge in [-0.25, -0.2) is 21.9 Å². The van der Waals surface area contributed by atoms with Gasteiger partial charge in [-0.1, -0.05) is 6.07 Å². The number of amides is 1. The number of hydrogen-bond donors (Lipinski definition) is 1. The second-order valence-corrected chi connectivity index (χ2v) is 10.7. The van der Waals surface area contributed by atoms with Crippen LogP contribution in [0.2, 0.25) is 0 Å². The van der Waals surface area contributed by atoms with Gasteiger partial charge in [-0.2, -0.15) is 0 Å². The van der Waals surface area contributed by atoms with E-state index in [0.717, 1.165) is 16.7 Å². The highest BCUT2D eigenvalue weighted by molar-refractivity contribution is 7.88. The van der Waals surface area contributed by atoms with Crippen LogP contribution < -0.4 is 4.72 Å². The van der Waals surface area contributed by atoms with Crippen molar-refractivity contribution in [1.82, 2.24) is 9.62 Å². The van der Waals surface area contributed by atoms with E-state index < -0.39 is 21.7 Å². The summed E-state index contributed by atoms with van der Waals surface area (Å²) in [5, 5.41) is 1.76. The number of halogens is 2. The maximum absolute atomic E-state index is 14.3. The first-order chi connectivity index (χ1) is 13.7. The summed E-state index contributed by atoms with van der Waals surface area (Å²) in [5.74, 6) is -1.53. The van der Waals surface area contributed by atoms with Crippen LogP contribution in [0.3, 0.4) is 0 Å². The quantitative estimate of drug-likeness (QED) is 0.776. The molecule has 1 saturated carbocycles. The van der Waals surface area contributed by atoms with Gasteiger partial charge >= 0.3 is 0 Å². The molecule has 0 bridgehead atoms. The summed E-state index contributed by atoms with van der Waals surface area (Å²) >= 11 is 1.43. The van der Waals surface area contributed by atoms with Crippen LogP contribution in [0, 0.1) is 24.5 Å². The third-order valence-electron chi connectivity index (χ3n) is 5.61. The molecule has 2 aliphatic rings. The van der Waals surface area contributed by atoms with Gasteiger partial charge in [0.25, 0.3) is 0 Å². The molecule has 1 amide bonds. The van der Waals surface area contributed by atoms with E-state index in [1.807, 2.05) is 6.92 Å². The molecule has 2 fully saturated rings. The fourth-order valence-corrected chi connectivity index (χ4v) is 5.98. The summed E-state index contributed by atoms with van der Waals surface area (Å²) in [6.45, 7) is 2.77.